The van der Waals surface area contributed by atoms with Crippen molar-refractivity contribution in [2.75, 3.05) is 38.7 Å². The molecule has 1 aromatic carbocycles. The number of amides is 1. The maximum absolute atomic E-state index is 13.1. The van der Waals surface area contributed by atoms with Crippen LogP contribution in [0.1, 0.15) is 41.6 Å². The molecule has 0 saturated carbocycles. The van der Waals surface area contributed by atoms with Gasteiger partial charge in [0.05, 0.1) is 16.7 Å². The molecule has 0 aromatic heterocycles. The van der Waals surface area contributed by atoms with Gasteiger partial charge in [0.2, 0.25) is 0 Å². The van der Waals surface area contributed by atoms with Crippen molar-refractivity contribution in [1.29, 1.82) is 0 Å². The summed E-state index contributed by atoms with van der Waals surface area (Å²) in [5.41, 5.74) is 1.83. The van der Waals surface area contributed by atoms with Crippen LogP contribution in [0, 0.1) is 5.41 Å². The zero-order valence-corrected chi connectivity index (χ0v) is 14.7. The third-order valence-corrected chi connectivity index (χ3v) is 5.41. The van der Waals surface area contributed by atoms with Crippen LogP contribution in [0.25, 0.3) is 0 Å². The highest BCUT2D eigenvalue weighted by molar-refractivity contribution is 6.00. The number of carbonyl (C=O) groups is 2. The number of nitrogens with zero attached hydrogens (tertiary/aromatic N) is 1. The number of anilines is 1. The molecule has 0 unspecified atom stereocenters. The predicted molar refractivity (Wildman–Crippen MR) is 95.0 cm³/mol. The second-order valence-electron chi connectivity index (χ2n) is 7.03. The van der Waals surface area contributed by atoms with Crippen molar-refractivity contribution >= 4 is 17.6 Å². The first-order chi connectivity index (χ1) is 12.1. The van der Waals surface area contributed by atoms with Crippen LogP contribution in [-0.4, -0.2) is 55.2 Å². The van der Waals surface area contributed by atoms with Gasteiger partial charge in [0.25, 0.3) is 5.91 Å². The molecule has 25 heavy (non-hydrogen) atoms. The van der Waals surface area contributed by atoms with E-state index >= 15 is 0 Å². The highest BCUT2D eigenvalue weighted by atomic mass is 16.5. The van der Waals surface area contributed by atoms with Crippen molar-refractivity contribution in [2.24, 2.45) is 5.41 Å². The molecule has 2 aliphatic heterocycles. The Morgan fingerprint density at radius 3 is 2.96 bits per heavy atom. The number of carboxylic acids is 1. The van der Waals surface area contributed by atoms with Gasteiger partial charge in [0, 0.05) is 33.4 Å². The molecule has 136 valence electrons. The molecular weight excluding hydrogens is 320 g/mol. The average Bonchev–Trinajstić information content (AvgIpc) is 2.65. The summed E-state index contributed by atoms with van der Waals surface area (Å²) in [5, 5.41) is 13.1. The number of piperidine rings is 1. The predicted octanol–water partition coefficient (Wildman–Crippen LogP) is 2.39. The van der Waals surface area contributed by atoms with Crippen molar-refractivity contribution in [3.8, 4) is 0 Å². The number of benzene rings is 1. The number of hydrogen-bond acceptors (Lipinski definition) is 4. The molecule has 2 heterocycles. The van der Waals surface area contributed by atoms with Gasteiger partial charge in [-0.05, 0) is 43.7 Å². The molecule has 0 bridgehead atoms. The quantitative estimate of drug-likeness (QED) is 0.856. The van der Waals surface area contributed by atoms with E-state index in [1.165, 1.54) is 0 Å². The van der Waals surface area contributed by atoms with Crippen LogP contribution in [0.5, 0.6) is 0 Å². The van der Waals surface area contributed by atoms with E-state index in [1.54, 1.807) is 12.0 Å². The molecule has 1 atom stereocenters. The standard InChI is InChI=1S/C19H26N2O4/c1-25-12-9-19(18(23)24)8-4-11-21(13-19)17(22)15-7-2-5-14-6-3-10-20-16(14)15/h2,5,7,20H,3-4,6,8-13H2,1H3,(H,23,24)/t19-/m0/s1. The molecule has 2 aliphatic rings. The van der Waals surface area contributed by atoms with Crippen LogP contribution >= 0.6 is 0 Å². The average molecular weight is 346 g/mol. The minimum Gasteiger partial charge on any atom is -0.481 e. The highest BCUT2D eigenvalue weighted by Gasteiger charge is 2.43. The topological polar surface area (TPSA) is 78.9 Å². The van der Waals surface area contributed by atoms with Gasteiger partial charge in [-0.2, -0.15) is 0 Å². The van der Waals surface area contributed by atoms with Gasteiger partial charge in [-0.1, -0.05) is 12.1 Å². The molecule has 6 heteroatoms. The van der Waals surface area contributed by atoms with Crippen LogP contribution < -0.4 is 5.32 Å². The Balaban J connectivity index is 1.84. The fourth-order valence-electron chi connectivity index (χ4n) is 3.95. The van der Waals surface area contributed by atoms with Gasteiger partial charge in [-0.25, -0.2) is 0 Å². The van der Waals surface area contributed by atoms with Crippen LogP contribution in [0.15, 0.2) is 18.2 Å². The van der Waals surface area contributed by atoms with E-state index in [-0.39, 0.29) is 12.5 Å². The van der Waals surface area contributed by atoms with Gasteiger partial charge in [0.1, 0.15) is 0 Å². The Morgan fingerprint density at radius 2 is 2.20 bits per heavy atom. The number of aryl methyl sites for hydroxylation is 1. The number of carbonyl (C=O) groups excluding carboxylic acids is 1. The van der Waals surface area contributed by atoms with E-state index in [0.29, 0.717) is 38.0 Å². The van der Waals surface area contributed by atoms with Crippen LogP contribution in [0.2, 0.25) is 0 Å². The summed E-state index contributed by atoms with van der Waals surface area (Å²) < 4.78 is 5.10. The number of rotatable bonds is 5. The molecule has 1 fully saturated rings. The Bertz CT molecular complexity index is 661. The molecule has 0 aliphatic carbocycles. The largest absolute Gasteiger partial charge is 0.481 e. The van der Waals surface area contributed by atoms with E-state index in [0.717, 1.165) is 30.6 Å². The summed E-state index contributed by atoms with van der Waals surface area (Å²) in [6.07, 6.45) is 3.74. The molecule has 1 saturated heterocycles. The highest BCUT2D eigenvalue weighted by Crippen LogP contribution is 2.36. The van der Waals surface area contributed by atoms with Crippen LogP contribution in [0.4, 0.5) is 5.69 Å². The fourth-order valence-corrected chi connectivity index (χ4v) is 3.95. The number of fused-ring (bicyclic) bond motifs is 1. The number of likely N-dealkylation sites (tertiary alicyclic amines) is 1. The summed E-state index contributed by atoms with van der Waals surface area (Å²) in [4.78, 5) is 26.7. The van der Waals surface area contributed by atoms with E-state index in [2.05, 4.69) is 11.4 Å². The maximum Gasteiger partial charge on any atom is 0.311 e. The summed E-state index contributed by atoms with van der Waals surface area (Å²) >= 11 is 0. The van der Waals surface area contributed by atoms with E-state index in [4.69, 9.17) is 4.74 Å². The number of carboxylic acid groups (broad SMARTS) is 1. The molecule has 0 spiro atoms. The normalized spacial score (nSPS) is 22.8. The number of ether oxygens (including phenoxy) is 1. The van der Waals surface area contributed by atoms with Crippen LogP contribution in [0.3, 0.4) is 0 Å². The monoisotopic (exact) mass is 346 g/mol. The van der Waals surface area contributed by atoms with E-state index in [9.17, 15) is 14.7 Å². The van der Waals surface area contributed by atoms with E-state index < -0.39 is 11.4 Å². The zero-order chi connectivity index (χ0) is 17.9. The Morgan fingerprint density at radius 1 is 1.36 bits per heavy atom. The van der Waals surface area contributed by atoms with Gasteiger partial charge in [0.15, 0.2) is 0 Å². The summed E-state index contributed by atoms with van der Waals surface area (Å²) in [7, 11) is 1.57. The lowest BCUT2D eigenvalue weighted by Crippen LogP contribution is -2.50. The first-order valence-corrected chi connectivity index (χ1v) is 8.95. The molecule has 0 radical (unpaired) electrons. The van der Waals surface area contributed by atoms with Gasteiger partial charge < -0.3 is 20.1 Å². The zero-order valence-electron chi connectivity index (χ0n) is 14.7. The summed E-state index contributed by atoms with van der Waals surface area (Å²) in [6.45, 7) is 2.10. The molecule has 1 aromatic rings. The molecule has 1 amide bonds. The van der Waals surface area contributed by atoms with Gasteiger partial charge in [-0.3, -0.25) is 9.59 Å². The first kappa shape index (κ1) is 17.7. The number of para-hydroxylation sites is 1. The lowest BCUT2D eigenvalue weighted by atomic mass is 9.77. The Kier molecular flexibility index (Phi) is 5.27. The fraction of sp³-hybridized carbons (Fsp3) is 0.579. The molecule has 6 nitrogen and oxygen atoms in total. The van der Waals surface area contributed by atoms with Gasteiger partial charge >= 0.3 is 5.97 Å². The van der Waals surface area contributed by atoms with Gasteiger partial charge in [-0.15, -0.1) is 0 Å². The lowest BCUT2D eigenvalue weighted by molar-refractivity contribution is -0.153. The van der Waals surface area contributed by atoms with Crippen LogP contribution in [-0.2, 0) is 16.0 Å². The second kappa shape index (κ2) is 7.44. The number of hydrogen-bond donors (Lipinski definition) is 2. The Hall–Kier alpha value is -2.08. The number of nitrogens with one attached hydrogen (secondary N) is 1. The minimum absolute atomic E-state index is 0.0750. The summed E-state index contributed by atoms with van der Waals surface area (Å²) in [6, 6.07) is 5.80. The molecule has 3 rings (SSSR count). The van der Waals surface area contributed by atoms with Crippen molar-refractivity contribution in [3.63, 3.8) is 0 Å². The Labute approximate surface area is 148 Å². The third-order valence-electron chi connectivity index (χ3n) is 5.41. The molecular formula is C19H26N2O4. The second-order valence-corrected chi connectivity index (χ2v) is 7.03. The summed E-state index contributed by atoms with van der Waals surface area (Å²) in [5.74, 6) is -0.913. The number of aliphatic carboxylic acids is 1. The van der Waals surface area contributed by atoms with Crippen molar-refractivity contribution < 1.29 is 19.4 Å². The van der Waals surface area contributed by atoms with Crippen molar-refractivity contribution in [1.82, 2.24) is 4.90 Å². The maximum atomic E-state index is 13.1. The SMILES string of the molecule is COCC[C@@]1(C(=O)O)CCCN(C(=O)c2cccc3c2NCCC3)C1. The van der Waals surface area contributed by atoms with Crippen molar-refractivity contribution in [3.05, 3.63) is 29.3 Å². The van der Waals surface area contributed by atoms with Crippen molar-refractivity contribution in [2.45, 2.75) is 32.1 Å². The third kappa shape index (κ3) is 3.49. The first-order valence-electron chi connectivity index (χ1n) is 8.95. The molecule has 2 N–H and O–H groups in total. The minimum atomic E-state index is -0.911. The smallest absolute Gasteiger partial charge is 0.311 e. The van der Waals surface area contributed by atoms with E-state index in [1.807, 2.05) is 12.1 Å². The lowest BCUT2D eigenvalue weighted by Gasteiger charge is -2.40. The number of methoxy groups -OCH3 is 1.